The highest BCUT2D eigenvalue weighted by atomic mass is 16.2. The number of carbonyl (C=O) groups excluding carboxylic acids is 1. The SMILES string of the molecule is CCCN1CCC(N(C)C(=O)N(C)C=N)CC1. The van der Waals surface area contributed by atoms with E-state index in [0.29, 0.717) is 6.04 Å². The molecule has 1 fully saturated rings. The lowest BCUT2D eigenvalue weighted by atomic mass is 10.0. The molecule has 1 aliphatic rings. The first kappa shape index (κ1) is 14.0. The van der Waals surface area contributed by atoms with Crippen molar-refractivity contribution in [1.82, 2.24) is 14.7 Å². The molecule has 1 heterocycles. The van der Waals surface area contributed by atoms with Crippen LogP contribution in [0.3, 0.4) is 0 Å². The minimum Gasteiger partial charge on any atom is -0.324 e. The summed E-state index contributed by atoms with van der Waals surface area (Å²) in [6.07, 6.45) is 4.32. The number of nitrogens with one attached hydrogen (secondary N) is 1. The predicted octanol–water partition coefficient (Wildman–Crippen LogP) is 1.45. The van der Waals surface area contributed by atoms with Crippen LogP contribution in [0.1, 0.15) is 26.2 Å². The second kappa shape index (κ2) is 6.59. The van der Waals surface area contributed by atoms with Gasteiger partial charge in [-0.15, -0.1) is 0 Å². The minimum atomic E-state index is -0.0889. The summed E-state index contributed by atoms with van der Waals surface area (Å²) >= 11 is 0. The Morgan fingerprint density at radius 2 is 2.00 bits per heavy atom. The number of hydrogen-bond acceptors (Lipinski definition) is 3. The molecule has 0 atom stereocenters. The maximum atomic E-state index is 11.9. The Bertz CT molecular complexity index is 261. The molecule has 2 amide bonds. The van der Waals surface area contributed by atoms with Gasteiger partial charge in [-0.3, -0.25) is 10.3 Å². The zero-order valence-electron chi connectivity index (χ0n) is 11.1. The van der Waals surface area contributed by atoms with Crippen LogP contribution in [-0.4, -0.2) is 66.8 Å². The summed E-state index contributed by atoms with van der Waals surface area (Å²) in [4.78, 5) is 17.4. The summed E-state index contributed by atoms with van der Waals surface area (Å²) in [6.45, 7) is 5.50. The van der Waals surface area contributed by atoms with E-state index in [1.54, 1.807) is 11.9 Å². The summed E-state index contributed by atoms with van der Waals surface area (Å²) in [5.41, 5.74) is 0. The fraction of sp³-hybridized carbons (Fsp3) is 0.833. The summed E-state index contributed by atoms with van der Waals surface area (Å²) < 4.78 is 0. The highest BCUT2D eigenvalue weighted by Crippen LogP contribution is 2.16. The van der Waals surface area contributed by atoms with Crippen molar-refractivity contribution in [2.75, 3.05) is 33.7 Å². The van der Waals surface area contributed by atoms with Gasteiger partial charge in [0.25, 0.3) is 0 Å². The van der Waals surface area contributed by atoms with E-state index in [4.69, 9.17) is 5.41 Å². The molecule has 0 aliphatic carbocycles. The summed E-state index contributed by atoms with van der Waals surface area (Å²) in [5.74, 6) is 0. The van der Waals surface area contributed by atoms with E-state index in [2.05, 4.69) is 11.8 Å². The molecule has 0 unspecified atom stereocenters. The van der Waals surface area contributed by atoms with Crippen LogP contribution in [-0.2, 0) is 0 Å². The topological polar surface area (TPSA) is 50.6 Å². The van der Waals surface area contributed by atoms with Gasteiger partial charge in [0, 0.05) is 33.2 Å². The zero-order chi connectivity index (χ0) is 12.8. The molecular formula is C12H24N4O. The lowest BCUT2D eigenvalue weighted by molar-refractivity contribution is 0.127. The number of likely N-dealkylation sites (tertiary alicyclic amines) is 1. The number of piperidine rings is 1. The van der Waals surface area contributed by atoms with Crippen molar-refractivity contribution >= 4 is 12.4 Å². The molecule has 0 saturated carbocycles. The second-order valence-electron chi connectivity index (χ2n) is 4.71. The van der Waals surface area contributed by atoms with E-state index in [-0.39, 0.29) is 6.03 Å². The van der Waals surface area contributed by atoms with Crippen molar-refractivity contribution < 1.29 is 4.79 Å². The smallest absolute Gasteiger partial charge is 0.324 e. The van der Waals surface area contributed by atoms with E-state index in [1.165, 1.54) is 11.3 Å². The molecule has 0 spiro atoms. The Balaban J connectivity index is 2.42. The normalized spacial score (nSPS) is 17.8. The third-order valence-electron chi connectivity index (χ3n) is 3.44. The molecule has 1 aliphatic heterocycles. The molecule has 1 rings (SSSR count). The average molecular weight is 240 g/mol. The molecule has 17 heavy (non-hydrogen) atoms. The third-order valence-corrected chi connectivity index (χ3v) is 3.44. The van der Waals surface area contributed by atoms with Crippen LogP contribution in [0, 0.1) is 5.41 Å². The van der Waals surface area contributed by atoms with Crippen molar-refractivity contribution in [3.63, 3.8) is 0 Å². The van der Waals surface area contributed by atoms with Crippen LogP contribution in [0.15, 0.2) is 0 Å². The van der Waals surface area contributed by atoms with Crippen LogP contribution < -0.4 is 0 Å². The number of carbonyl (C=O) groups is 1. The average Bonchev–Trinajstić information content (AvgIpc) is 2.37. The molecular weight excluding hydrogens is 216 g/mol. The molecule has 0 aromatic rings. The Morgan fingerprint density at radius 3 is 2.47 bits per heavy atom. The number of nitrogens with zero attached hydrogens (tertiary/aromatic N) is 3. The molecule has 0 aromatic heterocycles. The van der Waals surface area contributed by atoms with Gasteiger partial charge in [-0.25, -0.2) is 4.79 Å². The van der Waals surface area contributed by atoms with E-state index in [9.17, 15) is 4.79 Å². The highest BCUT2D eigenvalue weighted by molar-refractivity contribution is 5.85. The van der Waals surface area contributed by atoms with Crippen LogP contribution in [0.5, 0.6) is 0 Å². The van der Waals surface area contributed by atoms with Gasteiger partial charge in [0.05, 0.1) is 6.34 Å². The lowest BCUT2D eigenvalue weighted by Gasteiger charge is -2.37. The van der Waals surface area contributed by atoms with Gasteiger partial charge in [-0.05, 0) is 25.8 Å². The van der Waals surface area contributed by atoms with Crippen molar-refractivity contribution in [3.8, 4) is 0 Å². The maximum Gasteiger partial charge on any atom is 0.324 e. The molecule has 0 bridgehead atoms. The van der Waals surface area contributed by atoms with Gasteiger partial charge >= 0.3 is 6.03 Å². The third kappa shape index (κ3) is 3.70. The monoisotopic (exact) mass is 240 g/mol. The summed E-state index contributed by atoms with van der Waals surface area (Å²) in [7, 11) is 3.46. The van der Waals surface area contributed by atoms with Gasteiger partial charge in [-0.2, -0.15) is 0 Å². The van der Waals surface area contributed by atoms with Gasteiger partial charge in [0.1, 0.15) is 0 Å². The zero-order valence-corrected chi connectivity index (χ0v) is 11.1. The van der Waals surface area contributed by atoms with E-state index >= 15 is 0 Å². The summed E-state index contributed by atoms with van der Waals surface area (Å²) in [6, 6.07) is 0.229. The number of amides is 2. The van der Waals surface area contributed by atoms with Gasteiger partial charge in [0.15, 0.2) is 0 Å². The van der Waals surface area contributed by atoms with Gasteiger partial charge in [0.2, 0.25) is 0 Å². The fourth-order valence-corrected chi connectivity index (χ4v) is 2.31. The van der Waals surface area contributed by atoms with Crippen LogP contribution in [0.2, 0.25) is 0 Å². The Morgan fingerprint density at radius 1 is 1.41 bits per heavy atom. The first-order valence-electron chi connectivity index (χ1n) is 6.32. The first-order chi connectivity index (χ1) is 8.10. The minimum absolute atomic E-state index is 0.0889. The van der Waals surface area contributed by atoms with Crippen molar-refractivity contribution in [2.45, 2.75) is 32.2 Å². The van der Waals surface area contributed by atoms with Crippen molar-refractivity contribution in [3.05, 3.63) is 0 Å². The van der Waals surface area contributed by atoms with Gasteiger partial charge < -0.3 is 9.80 Å². The van der Waals surface area contributed by atoms with E-state index in [1.807, 2.05) is 7.05 Å². The van der Waals surface area contributed by atoms with Crippen LogP contribution in [0.4, 0.5) is 4.79 Å². The Labute approximate surface area is 104 Å². The van der Waals surface area contributed by atoms with Crippen LogP contribution in [0.25, 0.3) is 0 Å². The molecule has 5 heteroatoms. The molecule has 0 radical (unpaired) electrons. The molecule has 98 valence electrons. The second-order valence-corrected chi connectivity index (χ2v) is 4.71. The van der Waals surface area contributed by atoms with Crippen molar-refractivity contribution in [1.29, 1.82) is 5.41 Å². The lowest BCUT2D eigenvalue weighted by Crippen LogP contribution is -2.49. The Hall–Kier alpha value is -1.10. The number of urea groups is 1. The van der Waals surface area contributed by atoms with Crippen LogP contribution >= 0.6 is 0 Å². The molecule has 0 aromatic carbocycles. The van der Waals surface area contributed by atoms with E-state index in [0.717, 1.165) is 38.8 Å². The standard InChI is InChI=1S/C12H24N4O/c1-4-7-16-8-5-11(6-9-16)15(3)12(17)14(2)10-13/h10-11,13H,4-9H2,1-3H3. The van der Waals surface area contributed by atoms with Gasteiger partial charge in [-0.1, -0.05) is 6.92 Å². The van der Waals surface area contributed by atoms with E-state index < -0.39 is 0 Å². The summed E-state index contributed by atoms with van der Waals surface area (Å²) in [5, 5.41) is 7.08. The number of rotatable bonds is 4. The molecule has 5 nitrogen and oxygen atoms in total. The maximum absolute atomic E-state index is 11.9. The highest BCUT2D eigenvalue weighted by Gasteiger charge is 2.26. The molecule has 1 saturated heterocycles. The first-order valence-corrected chi connectivity index (χ1v) is 6.32. The quantitative estimate of drug-likeness (QED) is 0.597. The largest absolute Gasteiger partial charge is 0.324 e. The number of hydrogen-bond donors (Lipinski definition) is 1. The predicted molar refractivity (Wildman–Crippen MR) is 69.5 cm³/mol. The fourth-order valence-electron chi connectivity index (χ4n) is 2.31. The van der Waals surface area contributed by atoms with Crippen molar-refractivity contribution in [2.24, 2.45) is 0 Å². The molecule has 1 N–H and O–H groups in total. The Kier molecular flexibility index (Phi) is 5.41.